The van der Waals surface area contributed by atoms with E-state index in [-0.39, 0.29) is 21.7 Å². The molecule has 0 amide bonds. The number of sulfone groups is 1. The molecule has 0 spiro atoms. The summed E-state index contributed by atoms with van der Waals surface area (Å²) in [6, 6.07) is 19.9. The molecule has 9 heteroatoms. The van der Waals surface area contributed by atoms with E-state index in [2.05, 4.69) is 26.2 Å². The molecule has 0 aliphatic heterocycles. The molecule has 0 bridgehead atoms. The van der Waals surface area contributed by atoms with Crippen LogP contribution < -0.4 is 5.32 Å². The Kier molecular flexibility index (Phi) is 5.88. The van der Waals surface area contributed by atoms with E-state index in [1.54, 1.807) is 36.4 Å². The van der Waals surface area contributed by atoms with E-state index in [4.69, 9.17) is 27.6 Å². The van der Waals surface area contributed by atoms with Gasteiger partial charge in [-0.1, -0.05) is 39.1 Å². The molecule has 3 aromatic carbocycles. The van der Waals surface area contributed by atoms with E-state index in [1.807, 2.05) is 12.1 Å². The third kappa shape index (κ3) is 4.39. The highest BCUT2D eigenvalue weighted by Gasteiger charge is 2.28. The quantitative estimate of drug-likeness (QED) is 0.305. The second-order valence-corrected chi connectivity index (χ2v) is 9.90. The van der Waals surface area contributed by atoms with Crippen molar-refractivity contribution in [3.63, 3.8) is 0 Å². The Balaban J connectivity index is 1.83. The summed E-state index contributed by atoms with van der Waals surface area (Å²) >= 11 is 15.2. The molecule has 4 rings (SSSR count). The van der Waals surface area contributed by atoms with E-state index in [9.17, 15) is 8.42 Å². The molecule has 0 saturated carbocycles. The van der Waals surface area contributed by atoms with Crippen molar-refractivity contribution in [1.29, 1.82) is 0 Å². The largest absolute Gasteiger partial charge is 0.419 e. The number of rotatable bonds is 5. The fourth-order valence-electron chi connectivity index (χ4n) is 2.67. The third-order valence-corrected chi connectivity index (χ3v) is 6.88. The minimum absolute atomic E-state index is 0.00481. The minimum atomic E-state index is -3.97. The highest BCUT2D eigenvalue weighted by atomic mass is 79.9. The van der Waals surface area contributed by atoms with E-state index < -0.39 is 9.84 Å². The first-order chi connectivity index (χ1) is 14.3. The van der Waals surface area contributed by atoms with Crippen LogP contribution in [0.2, 0.25) is 10.0 Å². The third-order valence-electron chi connectivity index (χ3n) is 4.17. The van der Waals surface area contributed by atoms with Crippen molar-refractivity contribution in [2.24, 2.45) is 0 Å². The number of hydrogen-bond acceptors (Lipinski definition) is 5. The van der Waals surface area contributed by atoms with Crippen molar-refractivity contribution in [2.75, 3.05) is 5.32 Å². The first kappa shape index (κ1) is 20.9. The Morgan fingerprint density at radius 1 is 0.833 bits per heavy atom. The molecular weight excluding hydrogens is 511 g/mol. The molecule has 1 heterocycles. The Labute approximate surface area is 191 Å². The first-order valence-corrected chi connectivity index (χ1v) is 11.7. The molecule has 0 atom stereocenters. The van der Waals surface area contributed by atoms with Crippen LogP contribution in [-0.4, -0.2) is 13.4 Å². The van der Waals surface area contributed by atoms with E-state index >= 15 is 0 Å². The van der Waals surface area contributed by atoms with E-state index in [1.165, 1.54) is 24.3 Å². The van der Waals surface area contributed by atoms with Crippen molar-refractivity contribution in [3.8, 4) is 11.5 Å². The maximum Gasteiger partial charge on any atom is 0.238 e. The van der Waals surface area contributed by atoms with Crippen molar-refractivity contribution in [2.45, 2.75) is 9.92 Å². The van der Waals surface area contributed by atoms with E-state index in [0.717, 1.165) is 4.47 Å². The predicted molar refractivity (Wildman–Crippen MR) is 121 cm³/mol. The molecule has 0 radical (unpaired) electrons. The van der Waals surface area contributed by atoms with Gasteiger partial charge in [0.15, 0.2) is 0 Å². The lowest BCUT2D eigenvalue weighted by Crippen LogP contribution is -2.05. The fraction of sp³-hybridized carbons (Fsp3) is 0. The zero-order valence-electron chi connectivity index (χ0n) is 15.1. The lowest BCUT2D eigenvalue weighted by atomic mass is 10.2. The Morgan fingerprint density at radius 2 is 1.40 bits per heavy atom. The van der Waals surface area contributed by atoms with Crippen molar-refractivity contribution in [3.05, 3.63) is 87.3 Å². The first-order valence-electron chi connectivity index (χ1n) is 8.63. The summed E-state index contributed by atoms with van der Waals surface area (Å²) < 4.78 is 33.3. The minimum Gasteiger partial charge on any atom is -0.419 e. The summed E-state index contributed by atoms with van der Waals surface area (Å²) in [6.07, 6.45) is 0. The number of oxazole rings is 1. The molecule has 0 fully saturated rings. The van der Waals surface area contributed by atoms with Crippen LogP contribution in [0.15, 0.2) is 91.6 Å². The van der Waals surface area contributed by atoms with Gasteiger partial charge in [-0.2, -0.15) is 4.98 Å². The standard InChI is InChI=1S/C21H13BrCl2N2O3S/c22-14-3-1-13(2-4-14)19-26-21(30(27,28)18-11-7-16(24)8-12-18)20(29-19)25-17-9-5-15(23)6-10-17/h1-12,25H. The summed E-state index contributed by atoms with van der Waals surface area (Å²) in [4.78, 5) is 4.36. The van der Waals surface area contributed by atoms with Gasteiger partial charge in [0, 0.05) is 25.8 Å². The van der Waals surface area contributed by atoms with Gasteiger partial charge in [-0.3, -0.25) is 0 Å². The van der Waals surface area contributed by atoms with Gasteiger partial charge in [-0.05, 0) is 72.8 Å². The molecule has 0 saturated heterocycles. The molecule has 1 N–H and O–H groups in total. The van der Waals surface area contributed by atoms with Crippen LogP contribution in [0.25, 0.3) is 11.5 Å². The predicted octanol–water partition coefficient (Wildman–Crippen LogP) is 6.99. The number of nitrogens with zero attached hydrogens (tertiary/aromatic N) is 1. The fourth-order valence-corrected chi connectivity index (χ4v) is 4.45. The van der Waals surface area contributed by atoms with Gasteiger partial charge in [-0.15, -0.1) is 0 Å². The SMILES string of the molecule is O=S(=O)(c1ccc(Cl)cc1)c1nc(-c2ccc(Br)cc2)oc1Nc1ccc(Cl)cc1. The normalized spacial score (nSPS) is 11.4. The molecular formula is C21H13BrCl2N2O3S. The van der Waals surface area contributed by atoms with Gasteiger partial charge in [0.05, 0.1) is 4.90 Å². The Hall–Kier alpha value is -2.32. The molecule has 152 valence electrons. The summed E-state index contributed by atoms with van der Waals surface area (Å²) in [5.41, 5.74) is 1.24. The number of hydrogen-bond donors (Lipinski definition) is 1. The lowest BCUT2D eigenvalue weighted by molar-refractivity contribution is 0.582. The average molecular weight is 524 g/mol. The maximum absolute atomic E-state index is 13.3. The highest BCUT2D eigenvalue weighted by molar-refractivity contribution is 9.10. The van der Waals surface area contributed by atoms with Crippen molar-refractivity contribution in [1.82, 2.24) is 4.98 Å². The van der Waals surface area contributed by atoms with Crippen LogP contribution >= 0.6 is 39.1 Å². The zero-order chi connectivity index (χ0) is 21.3. The number of aromatic nitrogens is 1. The zero-order valence-corrected chi connectivity index (χ0v) is 19.1. The van der Waals surface area contributed by atoms with Gasteiger partial charge in [0.1, 0.15) is 0 Å². The van der Waals surface area contributed by atoms with Gasteiger partial charge >= 0.3 is 0 Å². The molecule has 30 heavy (non-hydrogen) atoms. The van der Waals surface area contributed by atoms with Gasteiger partial charge in [0.25, 0.3) is 0 Å². The van der Waals surface area contributed by atoms with Crippen LogP contribution in [0, 0.1) is 0 Å². The maximum atomic E-state index is 13.3. The van der Waals surface area contributed by atoms with Gasteiger partial charge in [-0.25, -0.2) is 8.42 Å². The van der Waals surface area contributed by atoms with E-state index in [0.29, 0.717) is 21.3 Å². The molecule has 0 aliphatic carbocycles. The summed E-state index contributed by atoms with van der Waals surface area (Å²) in [5.74, 6) is 0.177. The Bertz CT molecular complexity index is 1290. The van der Waals surface area contributed by atoms with Crippen LogP contribution in [0.3, 0.4) is 0 Å². The lowest BCUT2D eigenvalue weighted by Gasteiger charge is -2.06. The van der Waals surface area contributed by atoms with Crippen LogP contribution in [0.5, 0.6) is 0 Å². The Morgan fingerprint density at radius 3 is 2.00 bits per heavy atom. The van der Waals surface area contributed by atoms with Gasteiger partial charge < -0.3 is 9.73 Å². The highest BCUT2D eigenvalue weighted by Crippen LogP contribution is 2.35. The number of benzene rings is 3. The van der Waals surface area contributed by atoms with Crippen molar-refractivity contribution < 1.29 is 12.8 Å². The molecule has 0 aliphatic rings. The summed E-state index contributed by atoms with van der Waals surface area (Å²) in [7, 11) is -3.97. The second kappa shape index (κ2) is 8.43. The number of anilines is 2. The van der Waals surface area contributed by atoms with Crippen molar-refractivity contribution >= 4 is 60.5 Å². The van der Waals surface area contributed by atoms with Crippen LogP contribution in [0.1, 0.15) is 0 Å². The topological polar surface area (TPSA) is 72.2 Å². The monoisotopic (exact) mass is 522 g/mol. The van der Waals surface area contributed by atoms with Crippen LogP contribution in [-0.2, 0) is 9.84 Å². The molecule has 1 aromatic heterocycles. The number of nitrogens with one attached hydrogen (secondary N) is 1. The average Bonchev–Trinajstić information content (AvgIpc) is 3.15. The smallest absolute Gasteiger partial charge is 0.238 e. The second-order valence-electron chi connectivity index (χ2n) is 6.25. The van der Waals surface area contributed by atoms with Crippen LogP contribution in [0.4, 0.5) is 11.6 Å². The number of halogens is 3. The molecule has 0 unspecified atom stereocenters. The molecule has 4 aromatic rings. The van der Waals surface area contributed by atoms with Gasteiger partial charge in [0.2, 0.25) is 26.6 Å². The molecule has 5 nitrogen and oxygen atoms in total. The summed E-state index contributed by atoms with van der Waals surface area (Å²) in [6.45, 7) is 0. The summed E-state index contributed by atoms with van der Waals surface area (Å²) in [5, 5.41) is 3.75.